The lowest BCUT2D eigenvalue weighted by molar-refractivity contribution is -0.132. The van der Waals surface area contributed by atoms with Crippen LogP contribution < -0.4 is 5.32 Å². The van der Waals surface area contributed by atoms with Crippen LogP contribution in [0.25, 0.3) is 10.8 Å². The first-order valence-corrected chi connectivity index (χ1v) is 8.68. The van der Waals surface area contributed by atoms with Gasteiger partial charge in [0.2, 0.25) is 5.91 Å². The van der Waals surface area contributed by atoms with Crippen LogP contribution in [0.3, 0.4) is 0 Å². The van der Waals surface area contributed by atoms with E-state index in [4.69, 9.17) is 0 Å². The predicted octanol–water partition coefficient (Wildman–Crippen LogP) is 3.22. The van der Waals surface area contributed by atoms with Crippen molar-refractivity contribution < 1.29 is 9.59 Å². The molecule has 0 saturated carbocycles. The average Bonchev–Trinajstić information content (AvgIpc) is 2.61. The molecule has 1 aliphatic rings. The smallest absolute Gasteiger partial charge is 0.251 e. The Hall–Kier alpha value is -2.36. The highest BCUT2D eigenvalue weighted by atomic mass is 16.2. The highest BCUT2D eigenvalue weighted by Gasteiger charge is 2.20. The zero-order valence-corrected chi connectivity index (χ0v) is 14.1. The quantitative estimate of drug-likeness (QED) is 0.939. The summed E-state index contributed by atoms with van der Waals surface area (Å²) in [5, 5.41) is 5.02. The number of fused-ring (bicyclic) bond motifs is 1. The second kappa shape index (κ2) is 7.47. The molecule has 1 aliphatic heterocycles. The van der Waals surface area contributed by atoms with E-state index >= 15 is 0 Å². The molecule has 1 saturated heterocycles. The van der Waals surface area contributed by atoms with Crippen molar-refractivity contribution in [2.75, 3.05) is 19.6 Å². The van der Waals surface area contributed by atoms with Gasteiger partial charge in [0.1, 0.15) is 0 Å². The number of nitrogens with one attached hydrogen (secondary N) is 1. The van der Waals surface area contributed by atoms with Crippen molar-refractivity contribution in [3.63, 3.8) is 0 Å². The van der Waals surface area contributed by atoms with Gasteiger partial charge in [0.05, 0.1) is 0 Å². The second-order valence-corrected chi connectivity index (χ2v) is 6.65. The highest BCUT2D eigenvalue weighted by molar-refractivity contribution is 5.98. The number of carbonyl (C=O) groups excluding carboxylic acids is 2. The first-order valence-electron chi connectivity index (χ1n) is 8.68. The van der Waals surface area contributed by atoms with E-state index in [1.165, 1.54) is 6.42 Å². The van der Waals surface area contributed by atoms with Crippen LogP contribution in [-0.2, 0) is 4.79 Å². The van der Waals surface area contributed by atoms with E-state index < -0.39 is 0 Å². The number of hydrogen-bond acceptors (Lipinski definition) is 2. The Morgan fingerprint density at radius 2 is 1.96 bits per heavy atom. The van der Waals surface area contributed by atoms with Gasteiger partial charge in [-0.05, 0) is 41.7 Å². The number of likely N-dealkylation sites (tertiary alicyclic amines) is 1. The van der Waals surface area contributed by atoms with E-state index in [0.717, 1.165) is 30.3 Å². The number of benzene rings is 2. The summed E-state index contributed by atoms with van der Waals surface area (Å²) in [6, 6.07) is 13.6. The first kappa shape index (κ1) is 16.5. The molecule has 0 radical (unpaired) electrons. The highest BCUT2D eigenvalue weighted by Crippen LogP contribution is 2.17. The van der Waals surface area contributed by atoms with Gasteiger partial charge >= 0.3 is 0 Å². The first-order chi connectivity index (χ1) is 11.6. The molecule has 0 bridgehead atoms. The van der Waals surface area contributed by atoms with Crippen molar-refractivity contribution in [3.05, 3.63) is 48.0 Å². The molecule has 0 aliphatic carbocycles. The zero-order chi connectivity index (χ0) is 16.9. The number of rotatable bonds is 4. The minimum Gasteiger partial charge on any atom is -0.352 e. The third-order valence-electron chi connectivity index (χ3n) is 4.65. The molecule has 1 heterocycles. The molecule has 1 atom stereocenters. The molecule has 1 unspecified atom stereocenters. The second-order valence-electron chi connectivity index (χ2n) is 6.65. The van der Waals surface area contributed by atoms with Crippen LogP contribution in [0.1, 0.15) is 36.5 Å². The van der Waals surface area contributed by atoms with Gasteiger partial charge in [0, 0.05) is 31.6 Å². The topological polar surface area (TPSA) is 49.4 Å². The lowest BCUT2D eigenvalue weighted by atomic mass is 10.00. The van der Waals surface area contributed by atoms with Crippen molar-refractivity contribution >= 4 is 22.6 Å². The van der Waals surface area contributed by atoms with Gasteiger partial charge in [-0.2, -0.15) is 0 Å². The Kier molecular flexibility index (Phi) is 5.14. The summed E-state index contributed by atoms with van der Waals surface area (Å²) in [5.74, 6) is 0.593. The van der Waals surface area contributed by atoms with Crippen molar-refractivity contribution in [2.45, 2.75) is 26.2 Å². The van der Waals surface area contributed by atoms with Crippen LogP contribution in [0.4, 0.5) is 0 Å². The fraction of sp³-hybridized carbons (Fsp3) is 0.400. The van der Waals surface area contributed by atoms with Crippen LogP contribution in [0.5, 0.6) is 0 Å². The van der Waals surface area contributed by atoms with Gasteiger partial charge in [0.15, 0.2) is 0 Å². The standard InChI is InChI=1S/C20H24N2O2/c1-15-5-4-12-22(14-15)19(23)10-11-21-20(24)18-9-8-16-6-2-3-7-17(16)13-18/h2-3,6-9,13,15H,4-5,10-12,14H2,1H3,(H,21,24). The third-order valence-corrected chi connectivity index (χ3v) is 4.65. The molecule has 3 rings (SSSR count). The van der Waals surface area contributed by atoms with E-state index in [-0.39, 0.29) is 11.8 Å². The van der Waals surface area contributed by atoms with Crippen molar-refractivity contribution in [2.24, 2.45) is 5.92 Å². The molecule has 2 aromatic rings. The van der Waals surface area contributed by atoms with Crippen LogP contribution >= 0.6 is 0 Å². The molecule has 2 amide bonds. The zero-order valence-electron chi connectivity index (χ0n) is 14.1. The van der Waals surface area contributed by atoms with Crippen molar-refractivity contribution in [1.29, 1.82) is 0 Å². The summed E-state index contributed by atoms with van der Waals surface area (Å²) >= 11 is 0. The number of amides is 2. The SMILES string of the molecule is CC1CCCN(C(=O)CCNC(=O)c2ccc3ccccc3c2)C1. The lowest BCUT2D eigenvalue weighted by Gasteiger charge is -2.31. The molecule has 4 heteroatoms. The Bertz CT molecular complexity index is 741. The van der Waals surface area contributed by atoms with E-state index in [0.29, 0.717) is 24.4 Å². The van der Waals surface area contributed by atoms with E-state index in [9.17, 15) is 9.59 Å². The molecule has 2 aromatic carbocycles. The van der Waals surface area contributed by atoms with Crippen LogP contribution in [0.2, 0.25) is 0 Å². The predicted molar refractivity (Wildman–Crippen MR) is 95.9 cm³/mol. The minimum atomic E-state index is -0.124. The third kappa shape index (κ3) is 3.94. The Morgan fingerprint density at radius 3 is 2.75 bits per heavy atom. The fourth-order valence-corrected chi connectivity index (χ4v) is 3.29. The molecule has 1 N–H and O–H groups in total. The van der Waals surface area contributed by atoms with Gasteiger partial charge in [-0.1, -0.05) is 37.3 Å². The Labute approximate surface area is 142 Å². The van der Waals surface area contributed by atoms with Gasteiger partial charge in [-0.3, -0.25) is 9.59 Å². The molecule has 24 heavy (non-hydrogen) atoms. The normalized spacial score (nSPS) is 17.7. The summed E-state index contributed by atoms with van der Waals surface area (Å²) in [5.41, 5.74) is 0.632. The summed E-state index contributed by atoms with van der Waals surface area (Å²) < 4.78 is 0. The molecule has 1 fully saturated rings. The number of carbonyl (C=O) groups is 2. The van der Waals surface area contributed by atoms with Gasteiger partial charge in [-0.25, -0.2) is 0 Å². The molecule has 0 aromatic heterocycles. The lowest BCUT2D eigenvalue weighted by Crippen LogP contribution is -2.40. The van der Waals surface area contributed by atoms with Crippen molar-refractivity contribution in [3.8, 4) is 0 Å². The summed E-state index contributed by atoms with van der Waals surface area (Å²) in [4.78, 5) is 26.4. The van der Waals surface area contributed by atoms with Gasteiger partial charge in [-0.15, -0.1) is 0 Å². The van der Waals surface area contributed by atoms with E-state index in [2.05, 4.69) is 12.2 Å². The fourth-order valence-electron chi connectivity index (χ4n) is 3.29. The summed E-state index contributed by atoms with van der Waals surface area (Å²) in [7, 11) is 0. The average molecular weight is 324 g/mol. The maximum atomic E-state index is 12.3. The van der Waals surface area contributed by atoms with Gasteiger partial charge in [0.25, 0.3) is 5.91 Å². The molecular formula is C20H24N2O2. The number of hydrogen-bond donors (Lipinski definition) is 1. The number of piperidine rings is 1. The molecular weight excluding hydrogens is 300 g/mol. The largest absolute Gasteiger partial charge is 0.352 e. The molecule has 4 nitrogen and oxygen atoms in total. The summed E-state index contributed by atoms with van der Waals surface area (Å²) in [6.45, 7) is 4.26. The molecule has 126 valence electrons. The molecule has 0 spiro atoms. The Balaban J connectivity index is 1.52. The van der Waals surface area contributed by atoms with E-state index in [1.54, 1.807) is 0 Å². The van der Waals surface area contributed by atoms with Crippen LogP contribution in [0.15, 0.2) is 42.5 Å². The Morgan fingerprint density at radius 1 is 1.17 bits per heavy atom. The van der Waals surface area contributed by atoms with E-state index in [1.807, 2.05) is 47.4 Å². The maximum Gasteiger partial charge on any atom is 0.251 e. The van der Waals surface area contributed by atoms with Crippen LogP contribution in [0, 0.1) is 5.92 Å². The monoisotopic (exact) mass is 324 g/mol. The summed E-state index contributed by atoms with van der Waals surface area (Å²) in [6.07, 6.45) is 2.64. The maximum absolute atomic E-state index is 12.3. The van der Waals surface area contributed by atoms with Crippen molar-refractivity contribution in [1.82, 2.24) is 10.2 Å². The van der Waals surface area contributed by atoms with Gasteiger partial charge < -0.3 is 10.2 Å². The number of nitrogens with zero attached hydrogens (tertiary/aromatic N) is 1. The van der Waals surface area contributed by atoms with Crippen LogP contribution in [-0.4, -0.2) is 36.3 Å². The minimum absolute atomic E-state index is 0.124.